The van der Waals surface area contributed by atoms with Gasteiger partial charge in [0.25, 0.3) is 0 Å². The monoisotopic (exact) mass is 348 g/mol. The Labute approximate surface area is 147 Å². The number of nitrogens with zero attached hydrogens (tertiary/aromatic N) is 2. The smallest absolute Gasteiger partial charge is 0.168 e. The fourth-order valence-corrected chi connectivity index (χ4v) is 3.17. The van der Waals surface area contributed by atoms with E-state index in [-0.39, 0.29) is 12.4 Å². The van der Waals surface area contributed by atoms with Gasteiger partial charge < -0.3 is 9.30 Å². The Morgan fingerprint density at radius 1 is 1.09 bits per heavy atom. The molecule has 1 heterocycles. The Morgan fingerprint density at radius 2 is 1.83 bits per heavy atom. The van der Waals surface area contributed by atoms with Crippen molar-refractivity contribution in [1.82, 2.24) is 9.55 Å². The van der Waals surface area contributed by atoms with Crippen LogP contribution in [-0.4, -0.2) is 21.9 Å². The van der Waals surface area contributed by atoms with Crippen LogP contribution < -0.4 is 4.74 Å². The Morgan fingerprint density at radius 3 is 2.52 bits per heavy atom. The van der Waals surface area contributed by atoms with E-state index in [1.807, 2.05) is 30.3 Å². The predicted octanol–water partition coefficient (Wildman–Crippen LogP) is 4.73. The first kappa shape index (κ1) is 17.7. The van der Waals surface area contributed by atoms with Crippen LogP contribution in [0.1, 0.15) is 12.5 Å². The van der Waals surface area contributed by atoms with Gasteiger partial charge in [-0.1, -0.05) is 43.0 Å². The quantitative estimate of drug-likeness (QED) is 0.476. The highest BCUT2D eigenvalue weighted by molar-refractivity contribution is 7.99. The molecule has 0 radical (unpaired) electrons. The molecule has 0 N–H and O–H groups in total. The lowest BCUT2D eigenvalue weighted by atomic mass is 10.2. The van der Waals surface area contributed by atoms with Gasteiger partial charge in [-0.15, -0.1) is 12.4 Å². The fourth-order valence-electron chi connectivity index (χ4n) is 2.37. The molecule has 0 unspecified atom stereocenters. The lowest BCUT2D eigenvalue weighted by molar-refractivity contribution is 0.343. The lowest BCUT2D eigenvalue weighted by Crippen LogP contribution is -2.01. The van der Waals surface area contributed by atoms with E-state index >= 15 is 0 Å². The highest BCUT2D eigenvalue weighted by atomic mass is 35.5. The Hall–Kier alpha value is -1.65. The van der Waals surface area contributed by atoms with E-state index in [2.05, 4.69) is 41.7 Å². The number of hydrogen-bond acceptors (Lipinski definition) is 3. The number of aromatic nitrogens is 2. The summed E-state index contributed by atoms with van der Waals surface area (Å²) in [5.41, 5.74) is 3.55. The summed E-state index contributed by atoms with van der Waals surface area (Å²) in [7, 11) is 2.06. The molecule has 2 aromatic carbocycles. The minimum Gasteiger partial charge on any atom is -0.493 e. The van der Waals surface area contributed by atoms with Crippen molar-refractivity contribution in [2.75, 3.05) is 12.4 Å². The maximum absolute atomic E-state index is 5.78. The van der Waals surface area contributed by atoms with Gasteiger partial charge in [0, 0.05) is 12.8 Å². The average molecular weight is 349 g/mol. The van der Waals surface area contributed by atoms with Crippen molar-refractivity contribution in [2.24, 2.45) is 7.05 Å². The molecule has 5 heteroatoms. The normalized spacial score (nSPS) is 10.5. The van der Waals surface area contributed by atoms with Gasteiger partial charge in [-0.2, -0.15) is 0 Å². The van der Waals surface area contributed by atoms with E-state index in [0.29, 0.717) is 6.61 Å². The van der Waals surface area contributed by atoms with Crippen LogP contribution in [0.2, 0.25) is 0 Å². The summed E-state index contributed by atoms with van der Waals surface area (Å²) >= 11 is 1.73. The zero-order valence-electron chi connectivity index (χ0n) is 13.4. The number of rotatable bonds is 6. The van der Waals surface area contributed by atoms with Gasteiger partial charge in [-0.25, -0.2) is 4.98 Å². The molecular formula is C18H21ClN2OS. The number of para-hydroxylation sites is 2. The van der Waals surface area contributed by atoms with Crippen LogP contribution in [0.3, 0.4) is 0 Å². The minimum atomic E-state index is 0. The number of hydrogen-bond donors (Lipinski definition) is 0. The van der Waals surface area contributed by atoms with Crippen molar-refractivity contribution in [3.8, 4) is 5.75 Å². The summed E-state index contributed by atoms with van der Waals surface area (Å²) in [4.78, 5) is 4.65. The van der Waals surface area contributed by atoms with Gasteiger partial charge in [0.05, 0.1) is 17.6 Å². The molecule has 0 atom stereocenters. The number of ether oxygens (including phenoxy) is 1. The topological polar surface area (TPSA) is 27.1 Å². The molecule has 0 saturated heterocycles. The summed E-state index contributed by atoms with van der Waals surface area (Å²) in [6.07, 6.45) is 1.06. The predicted molar refractivity (Wildman–Crippen MR) is 100 cm³/mol. The minimum absolute atomic E-state index is 0. The number of fused-ring (bicyclic) bond motifs is 1. The van der Waals surface area contributed by atoms with E-state index in [0.717, 1.165) is 28.6 Å². The molecular weight excluding hydrogens is 328 g/mol. The largest absolute Gasteiger partial charge is 0.493 e. The van der Waals surface area contributed by atoms with Crippen molar-refractivity contribution in [1.29, 1.82) is 0 Å². The van der Waals surface area contributed by atoms with Crippen molar-refractivity contribution in [3.05, 3.63) is 54.1 Å². The standard InChI is InChI=1S/C18H20N2OS.ClH/c1-3-14-8-10-15(11-9-14)21-12-13-22-18-19-16-6-4-5-7-17(16)20(18)2;/h4-11H,3,12-13H2,1-2H3;1H. The van der Waals surface area contributed by atoms with Gasteiger partial charge in [0.2, 0.25) is 0 Å². The molecule has 0 aliphatic rings. The highest BCUT2D eigenvalue weighted by Gasteiger charge is 2.07. The van der Waals surface area contributed by atoms with Crippen LogP contribution in [0.4, 0.5) is 0 Å². The van der Waals surface area contributed by atoms with Crippen LogP contribution in [0.15, 0.2) is 53.7 Å². The van der Waals surface area contributed by atoms with Gasteiger partial charge in [-0.05, 0) is 36.2 Å². The molecule has 0 bridgehead atoms. The van der Waals surface area contributed by atoms with Crippen LogP contribution in [0, 0.1) is 0 Å². The van der Waals surface area contributed by atoms with Gasteiger partial charge in [0.15, 0.2) is 5.16 Å². The van der Waals surface area contributed by atoms with E-state index in [1.54, 1.807) is 11.8 Å². The molecule has 0 fully saturated rings. The molecule has 23 heavy (non-hydrogen) atoms. The van der Waals surface area contributed by atoms with Crippen LogP contribution >= 0.6 is 24.2 Å². The summed E-state index contributed by atoms with van der Waals surface area (Å²) in [6.45, 7) is 2.84. The third-order valence-electron chi connectivity index (χ3n) is 3.66. The molecule has 0 aliphatic heterocycles. The van der Waals surface area contributed by atoms with Crippen molar-refractivity contribution < 1.29 is 4.74 Å². The number of halogens is 1. The van der Waals surface area contributed by atoms with E-state index in [4.69, 9.17) is 4.74 Å². The number of thioether (sulfide) groups is 1. The zero-order chi connectivity index (χ0) is 15.4. The van der Waals surface area contributed by atoms with Crippen molar-refractivity contribution in [3.63, 3.8) is 0 Å². The Kier molecular flexibility index (Phi) is 6.37. The van der Waals surface area contributed by atoms with E-state index in [9.17, 15) is 0 Å². The number of imidazole rings is 1. The van der Waals surface area contributed by atoms with Crippen LogP contribution in [0.25, 0.3) is 11.0 Å². The number of benzene rings is 2. The molecule has 0 amide bonds. The number of aryl methyl sites for hydroxylation is 2. The summed E-state index contributed by atoms with van der Waals surface area (Å²) in [5.74, 6) is 1.81. The Balaban J connectivity index is 0.00000192. The average Bonchev–Trinajstić information content (AvgIpc) is 2.89. The fraction of sp³-hybridized carbons (Fsp3) is 0.278. The third-order valence-corrected chi connectivity index (χ3v) is 4.66. The van der Waals surface area contributed by atoms with Crippen LogP contribution in [-0.2, 0) is 13.5 Å². The molecule has 3 nitrogen and oxygen atoms in total. The van der Waals surface area contributed by atoms with Crippen molar-refractivity contribution in [2.45, 2.75) is 18.5 Å². The molecule has 0 saturated carbocycles. The summed E-state index contributed by atoms with van der Waals surface area (Å²) < 4.78 is 7.92. The van der Waals surface area contributed by atoms with Gasteiger partial charge in [0.1, 0.15) is 5.75 Å². The molecule has 1 aromatic heterocycles. The van der Waals surface area contributed by atoms with Crippen LogP contribution in [0.5, 0.6) is 5.75 Å². The summed E-state index contributed by atoms with van der Waals surface area (Å²) in [5, 5.41) is 1.03. The first-order chi connectivity index (χ1) is 10.8. The second kappa shape index (κ2) is 8.27. The SMILES string of the molecule is CCc1ccc(OCCSc2nc3ccccc3n2C)cc1.Cl. The second-order valence-corrected chi connectivity index (χ2v) is 6.20. The first-order valence-electron chi connectivity index (χ1n) is 7.54. The van der Waals surface area contributed by atoms with E-state index in [1.165, 1.54) is 11.1 Å². The summed E-state index contributed by atoms with van der Waals surface area (Å²) in [6, 6.07) is 16.5. The molecule has 0 aliphatic carbocycles. The first-order valence-corrected chi connectivity index (χ1v) is 8.52. The van der Waals surface area contributed by atoms with Crippen molar-refractivity contribution >= 4 is 35.2 Å². The molecule has 0 spiro atoms. The van der Waals surface area contributed by atoms with Gasteiger partial charge >= 0.3 is 0 Å². The lowest BCUT2D eigenvalue weighted by Gasteiger charge is -2.06. The van der Waals surface area contributed by atoms with E-state index < -0.39 is 0 Å². The molecule has 122 valence electrons. The molecule has 3 rings (SSSR count). The second-order valence-electron chi connectivity index (χ2n) is 5.14. The van der Waals surface area contributed by atoms with Gasteiger partial charge in [-0.3, -0.25) is 0 Å². The third kappa shape index (κ3) is 4.21. The highest BCUT2D eigenvalue weighted by Crippen LogP contribution is 2.22. The zero-order valence-corrected chi connectivity index (χ0v) is 15.0. The maximum Gasteiger partial charge on any atom is 0.168 e. The Bertz CT molecular complexity index is 755. The molecule has 3 aromatic rings. The maximum atomic E-state index is 5.78.